The Balaban J connectivity index is 2.08. The number of methoxy groups -OCH3 is 1. The highest BCUT2D eigenvalue weighted by Crippen LogP contribution is 2.18. The van der Waals surface area contributed by atoms with E-state index in [1.807, 2.05) is 24.3 Å². The minimum atomic E-state index is -0.933. The quantitative estimate of drug-likeness (QED) is 0.863. The molecule has 1 aromatic carbocycles. The fourth-order valence-corrected chi connectivity index (χ4v) is 2.46. The average Bonchev–Trinajstić information content (AvgIpc) is 2.52. The predicted octanol–water partition coefficient (Wildman–Crippen LogP) is 2.17. The third-order valence-electron chi connectivity index (χ3n) is 3.58. The monoisotopic (exact) mass is 289 g/mol. The highest BCUT2D eigenvalue weighted by molar-refractivity contribution is 5.94. The SMILES string of the molecule is COc1cccc(/C=C/C(=O)N2CCCC[C@@H]2C(=O)O)c1. The van der Waals surface area contributed by atoms with Gasteiger partial charge in [0.15, 0.2) is 0 Å². The van der Waals surface area contributed by atoms with E-state index in [9.17, 15) is 14.7 Å². The molecule has 1 heterocycles. The van der Waals surface area contributed by atoms with Crippen molar-refractivity contribution < 1.29 is 19.4 Å². The zero-order chi connectivity index (χ0) is 15.2. The first kappa shape index (κ1) is 15.1. The van der Waals surface area contributed by atoms with Crippen LogP contribution in [-0.2, 0) is 9.59 Å². The van der Waals surface area contributed by atoms with Crippen molar-refractivity contribution >= 4 is 18.0 Å². The Morgan fingerprint density at radius 1 is 1.38 bits per heavy atom. The van der Waals surface area contributed by atoms with Crippen LogP contribution in [0.15, 0.2) is 30.3 Å². The van der Waals surface area contributed by atoms with Crippen LogP contribution in [0, 0.1) is 0 Å². The smallest absolute Gasteiger partial charge is 0.326 e. The zero-order valence-corrected chi connectivity index (χ0v) is 12.0. The first-order valence-electron chi connectivity index (χ1n) is 6.97. The number of carbonyl (C=O) groups is 2. The van der Waals surface area contributed by atoms with E-state index in [1.165, 1.54) is 11.0 Å². The highest BCUT2D eigenvalue weighted by atomic mass is 16.5. The molecule has 0 aliphatic carbocycles. The van der Waals surface area contributed by atoms with Crippen molar-refractivity contribution in [3.63, 3.8) is 0 Å². The largest absolute Gasteiger partial charge is 0.497 e. The van der Waals surface area contributed by atoms with Gasteiger partial charge in [-0.25, -0.2) is 4.79 Å². The molecule has 5 nitrogen and oxygen atoms in total. The fourth-order valence-electron chi connectivity index (χ4n) is 2.46. The lowest BCUT2D eigenvalue weighted by atomic mass is 10.0. The number of rotatable bonds is 4. The molecule has 1 fully saturated rings. The van der Waals surface area contributed by atoms with E-state index in [-0.39, 0.29) is 5.91 Å². The molecule has 0 unspecified atom stereocenters. The summed E-state index contributed by atoms with van der Waals surface area (Å²) in [6, 6.07) is 6.63. The van der Waals surface area contributed by atoms with Crippen LogP contribution in [0.5, 0.6) is 5.75 Å². The van der Waals surface area contributed by atoms with Crippen molar-refractivity contribution in [1.82, 2.24) is 4.90 Å². The first-order valence-corrected chi connectivity index (χ1v) is 6.97. The third kappa shape index (κ3) is 3.84. The van der Waals surface area contributed by atoms with E-state index in [4.69, 9.17) is 4.74 Å². The van der Waals surface area contributed by atoms with E-state index in [2.05, 4.69) is 0 Å². The third-order valence-corrected chi connectivity index (χ3v) is 3.58. The Hall–Kier alpha value is -2.30. The number of amides is 1. The summed E-state index contributed by atoms with van der Waals surface area (Å²) in [6.07, 6.45) is 5.32. The number of benzene rings is 1. The summed E-state index contributed by atoms with van der Waals surface area (Å²) in [5.74, 6) is -0.478. The summed E-state index contributed by atoms with van der Waals surface area (Å²) in [4.78, 5) is 24.8. The number of nitrogens with zero attached hydrogens (tertiary/aromatic N) is 1. The number of hydrogen-bond donors (Lipinski definition) is 1. The normalized spacial score (nSPS) is 18.7. The Morgan fingerprint density at radius 3 is 2.90 bits per heavy atom. The van der Waals surface area contributed by atoms with Crippen molar-refractivity contribution in [2.75, 3.05) is 13.7 Å². The van der Waals surface area contributed by atoms with E-state index in [0.717, 1.165) is 18.4 Å². The summed E-state index contributed by atoms with van der Waals surface area (Å²) >= 11 is 0. The molecule has 1 aromatic rings. The topological polar surface area (TPSA) is 66.8 Å². The molecule has 2 rings (SSSR count). The molecular formula is C16H19NO4. The molecule has 1 N–H and O–H groups in total. The maximum atomic E-state index is 12.2. The Labute approximate surface area is 123 Å². The van der Waals surface area contributed by atoms with Crippen molar-refractivity contribution in [1.29, 1.82) is 0 Å². The fraction of sp³-hybridized carbons (Fsp3) is 0.375. The second-order valence-corrected chi connectivity index (χ2v) is 4.99. The van der Waals surface area contributed by atoms with Crippen LogP contribution in [-0.4, -0.2) is 41.6 Å². The maximum Gasteiger partial charge on any atom is 0.326 e. The number of likely N-dealkylation sites (tertiary alicyclic amines) is 1. The summed E-state index contributed by atoms with van der Waals surface area (Å²) in [6.45, 7) is 0.498. The van der Waals surface area contributed by atoms with Crippen molar-refractivity contribution in [2.45, 2.75) is 25.3 Å². The molecule has 1 aliphatic heterocycles. The van der Waals surface area contributed by atoms with Gasteiger partial charge in [0, 0.05) is 12.6 Å². The van der Waals surface area contributed by atoms with Crippen LogP contribution in [0.1, 0.15) is 24.8 Å². The molecule has 0 bridgehead atoms. The lowest BCUT2D eigenvalue weighted by molar-refractivity contribution is -0.150. The van der Waals surface area contributed by atoms with E-state index in [0.29, 0.717) is 18.7 Å². The minimum absolute atomic E-state index is 0.259. The molecule has 0 radical (unpaired) electrons. The lowest BCUT2D eigenvalue weighted by Crippen LogP contribution is -2.47. The molecule has 5 heteroatoms. The van der Waals surface area contributed by atoms with Gasteiger partial charge in [-0.3, -0.25) is 4.79 Å². The van der Waals surface area contributed by atoms with Crippen LogP contribution < -0.4 is 4.74 Å². The number of hydrogen-bond acceptors (Lipinski definition) is 3. The molecular weight excluding hydrogens is 270 g/mol. The van der Waals surface area contributed by atoms with Crippen LogP contribution in [0.2, 0.25) is 0 Å². The second kappa shape index (κ2) is 6.92. The van der Waals surface area contributed by atoms with Gasteiger partial charge in [0.05, 0.1) is 7.11 Å². The first-order chi connectivity index (χ1) is 10.1. The van der Waals surface area contributed by atoms with Gasteiger partial charge in [0.1, 0.15) is 11.8 Å². The Kier molecular flexibility index (Phi) is 4.98. The molecule has 1 saturated heterocycles. The summed E-state index contributed by atoms with van der Waals surface area (Å²) < 4.78 is 5.12. The van der Waals surface area contributed by atoms with E-state index >= 15 is 0 Å². The number of carboxylic acid groups (broad SMARTS) is 1. The van der Waals surface area contributed by atoms with Crippen molar-refractivity contribution in [3.05, 3.63) is 35.9 Å². The van der Waals surface area contributed by atoms with Crippen LogP contribution in [0.4, 0.5) is 0 Å². The number of ether oxygens (including phenoxy) is 1. The van der Waals surface area contributed by atoms with Crippen molar-refractivity contribution in [3.8, 4) is 5.75 Å². The molecule has 1 amide bonds. The second-order valence-electron chi connectivity index (χ2n) is 4.99. The Bertz CT molecular complexity index is 553. The summed E-state index contributed by atoms with van der Waals surface area (Å²) in [5, 5.41) is 9.18. The minimum Gasteiger partial charge on any atom is -0.497 e. The number of aliphatic carboxylic acids is 1. The van der Waals surface area contributed by atoms with Gasteiger partial charge in [-0.1, -0.05) is 12.1 Å². The van der Waals surface area contributed by atoms with E-state index in [1.54, 1.807) is 13.2 Å². The summed E-state index contributed by atoms with van der Waals surface area (Å²) in [7, 11) is 1.58. The van der Waals surface area contributed by atoms with Gasteiger partial charge >= 0.3 is 5.97 Å². The van der Waals surface area contributed by atoms with Gasteiger partial charge in [-0.05, 0) is 43.0 Å². The standard InChI is InChI=1S/C16H19NO4/c1-21-13-6-4-5-12(11-13)8-9-15(18)17-10-3-2-7-14(17)16(19)20/h4-6,8-9,11,14H,2-3,7,10H2,1H3,(H,19,20)/b9-8+/t14-/m1/s1. The Morgan fingerprint density at radius 2 is 2.19 bits per heavy atom. The van der Waals surface area contributed by atoms with Crippen molar-refractivity contribution in [2.24, 2.45) is 0 Å². The van der Waals surface area contributed by atoms with Crippen LogP contribution in [0.25, 0.3) is 6.08 Å². The van der Waals surface area contributed by atoms with Gasteiger partial charge in [-0.2, -0.15) is 0 Å². The molecule has 21 heavy (non-hydrogen) atoms. The molecule has 112 valence electrons. The van der Waals surface area contributed by atoms with E-state index < -0.39 is 12.0 Å². The van der Waals surface area contributed by atoms with Gasteiger partial charge in [-0.15, -0.1) is 0 Å². The van der Waals surface area contributed by atoms with Gasteiger partial charge < -0.3 is 14.7 Å². The molecule has 0 aromatic heterocycles. The molecule has 1 aliphatic rings. The number of piperidine rings is 1. The molecule has 1 atom stereocenters. The van der Waals surface area contributed by atoms with Gasteiger partial charge in [0.25, 0.3) is 0 Å². The summed E-state index contributed by atoms with van der Waals surface area (Å²) in [5.41, 5.74) is 0.839. The average molecular weight is 289 g/mol. The highest BCUT2D eigenvalue weighted by Gasteiger charge is 2.30. The van der Waals surface area contributed by atoms with Gasteiger partial charge in [0.2, 0.25) is 5.91 Å². The lowest BCUT2D eigenvalue weighted by Gasteiger charge is -2.32. The molecule has 0 saturated carbocycles. The maximum absolute atomic E-state index is 12.2. The number of carbonyl (C=O) groups excluding carboxylic acids is 1. The van der Waals surface area contributed by atoms with Crippen LogP contribution in [0.3, 0.4) is 0 Å². The zero-order valence-electron chi connectivity index (χ0n) is 12.0. The predicted molar refractivity (Wildman–Crippen MR) is 79.0 cm³/mol. The molecule has 0 spiro atoms. The number of carboxylic acids is 1. The van der Waals surface area contributed by atoms with Crippen LogP contribution >= 0.6 is 0 Å².